The molecule has 0 atom stereocenters. The molecule has 3 aromatic rings. The van der Waals surface area contributed by atoms with E-state index in [1.807, 2.05) is 18.2 Å². The highest BCUT2D eigenvalue weighted by molar-refractivity contribution is 9.10. The normalized spacial score (nSPS) is 11.5. The van der Waals surface area contributed by atoms with E-state index in [2.05, 4.69) is 39.3 Å². The molecular weight excluding hydrogens is 333 g/mol. The Morgan fingerprint density at radius 3 is 2.71 bits per heavy atom. The van der Waals surface area contributed by atoms with Gasteiger partial charge < -0.3 is 10.3 Å². The first-order chi connectivity index (χ1) is 9.99. The summed E-state index contributed by atoms with van der Waals surface area (Å²) in [4.78, 5) is 4.65. The number of nitrogens with zero attached hydrogens (tertiary/aromatic N) is 2. The maximum Gasteiger partial charge on any atom is 0.146 e. The number of para-hydroxylation sites is 1. The van der Waals surface area contributed by atoms with Crippen LogP contribution in [0.25, 0.3) is 22.4 Å². The Morgan fingerprint density at radius 2 is 2.00 bits per heavy atom. The van der Waals surface area contributed by atoms with Crippen LogP contribution in [0.4, 0.5) is 10.1 Å². The van der Waals surface area contributed by atoms with Gasteiger partial charge in [0, 0.05) is 16.1 Å². The number of imidazole rings is 1. The number of hydrogen-bond acceptors (Lipinski definition) is 2. The van der Waals surface area contributed by atoms with Crippen LogP contribution in [0.3, 0.4) is 0 Å². The summed E-state index contributed by atoms with van der Waals surface area (Å²) < 4.78 is 16.8. The molecule has 0 saturated heterocycles. The molecule has 0 aliphatic carbocycles. The Labute approximate surface area is 130 Å². The molecule has 1 heterocycles. The van der Waals surface area contributed by atoms with Gasteiger partial charge in [0.05, 0.1) is 16.7 Å². The lowest BCUT2D eigenvalue weighted by atomic mass is 10.1. The SMILES string of the molecule is CC(C)n1c(-c2cccc(F)c2N)nc2cc(Br)ccc21. The summed E-state index contributed by atoms with van der Waals surface area (Å²) in [6, 6.07) is 10.9. The van der Waals surface area contributed by atoms with Crippen molar-refractivity contribution in [3.8, 4) is 11.4 Å². The number of anilines is 1. The molecule has 108 valence electrons. The summed E-state index contributed by atoms with van der Waals surface area (Å²) in [7, 11) is 0. The first-order valence-electron chi connectivity index (χ1n) is 6.71. The van der Waals surface area contributed by atoms with Crippen molar-refractivity contribution in [2.45, 2.75) is 19.9 Å². The van der Waals surface area contributed by atoms with Gasteiger partial charge in [-0.1, -0.05) is 22.0 Å². The number of aromatic nitrogens is 2. The Bertz CT molecular complexity index is 824. The van der Waals surface area contributed by atoms with Gasteiger partial charge >= 0.3 is 0 Å². The van der Waals surface area contributed by atoms with Gasteiger partial charge in [-0.2, -0.15) is 0 Å². The van der Waals surface area contributed by atoms with Gasteiger partial charge in [-0.05, 0) is 44.2 Å². The van der Waals surface area contributed by atoms with Crippen LogP contribution in [0.1, 0.15) is 19.9 Å². The summed E-state index contributed by atoms with van der Waals surface area (Å²) in [5.74, 6) is 0.270. The molecule has 21 heavy (non-hydrogen) atoms. The van der Waals surface area contributed by atoms with Gasteiger partial charge in [-0.25, -0.2) is 9.37 Å². The van der Waals surface area contributed by atoms with Crippen molar-refractivity contribution < 1.29 is 4.39 Å². The molecule has 0 bridgehead atoms. The van der Waals surface area contributed by atoms with Crippen molar-refractivity contribution in [1.82, 2.24) is 9.55 Å². The molecule has 1 aromatic heterocycles. The molecule has 0 saturated carbocycles. The topological polar surface area (TPSA) is 43.8 Å². The summed E-state index contributed by atoms with van der Waals surface area (Å²) in [5.41, 5.74) is 8.52. The third-order valence-corrected chi connectivity index (χ3v) is 3.96. The average molecular weight is 348 g/mol. The van der Waals surface area contributed by atoms with Crippen LogP contribution in [-0.4, -0.2) is 9.55 Å². The molecule has 0 aliphatic heterocycles. The predicted molar refractivity (Wildman–Crippen MR) is 87.6 cm³/mol. The Kier molecular flexibility index (Phi) is 3.45. The van der Waals surface area contributed by atoms with Crippen LogP contribution in [0.2, 0.25) is 0 Å². The quantitative estimate of drug-likeness (QED) is 0.678. The molecule has 0 aliphatic rings. The fourth-order valence-electron chi connectivity index (χ4n) is 2.52. The highest BCUT2D eigenvalue weighted by atomic mass is 79.9. The van der Waals surface area contributed by atoms with E-state index < -0.39 is 5.82 Å². The largest absolute Gasteiger partial charge is 0.396 e. The molecule has 3 nitrogen and oxygen atoms in total. The number of rotatable bonds is 2. The Hall–Kier alpha value is -1.88. The number of benzene rings is 2. The fourth-order valence-corrected chi connectivity index (χ4v) is 2.87. The van der Waals surface area contributed by atoms with E-state index >= 15 is 0 Å². The molecule has 2 N–H and O–H groups in total. The summed E-state index contributed by atoms with van der Waals surface area (Å²) in [5, 5.41) is 0. The second kappa shape index (κ2) is 5.15. The van der Waals surface area contributed by atoms with E-state index in [0.29, 0.717) is 11.4 Å². The first-order valence-corrected chi connectivity index (χ1v) is 7.50. The minimum absolute atomic E-state index is 0.133. The van der Waals surface area contributed by atoms with Crippen molar-refractivity contribution in [3.63, 3.8) is 0 Å². The van der Waals surface area contributed by atoms with E-state index in [9.17, 15) is 4.39 Å². The maximum absolute atomic E-state index is 13.7. The minimum Gasteiger partial charge on any atom is -0.396 e. The number of halogens is 2. The summed E-state index contributed by atoms with van der Waals surface area (Å²) in [6.45, 7) is 4.14. The first kappa shape index (κ1) is 14.1. The second-order valence-corrected chi connectivity index (χ2v) is 6.15. The summed E-state index contributed by atoms with van der Waals surface area (Å²) >= 11 is 3.45. The highest BCUT2D eigenvalue weighted by Crippen LogP contribution is 2.33. The van der Waals surface area contributed by atoms with Crippen LogP contribution >= 0.6 is 15.9 Å². The van der Waals surface area contributed by atoms with Crippen molar-refractivity contribution in [1.29, 1.82) is 0 Å². The van der Waals surface area contributed by atoms with Crippen molar-refractivity contribution in [3.05, 3.63) is 46.7 Å². The van der Waals surface area contributed by atoms with E-state index in [0.717, 1.165) is 15.5 Å². The van der Waals surface area contributed by atoms with Crippen LogP contribution < -0.4 is 5.73 Å². The van der Waals surface area contributed by atoms with E-state index in [1.54, 1.807) is 12.1 Å². The van der Waals surface area contributed by atoms with Crippen molar-refractivity contribution in [2.75, 3.05) is 5.73 Å². The van der Waals surface area contributed by atoms with Crippen LogP contribution in [0.5, 0.6) is 0 Å². The van der Waals surface area contributed by atoms with Crippen LogP contribution in [-0.2, 0) is 0 Å². The molecule has 0 unspecified atom stereocenters. The molecule has 0 fully saturated rings. The number of hydrogen-bond donors (Lipinski definition) is 1. The zero-order valence-corrected chi connectivity index (χ0v) is 13.4. The van der Waals surface area contributed by atoms with E-state index in [4.69, 9.17) is 5.73 Å². The molecular formula is C16H15BrFN3. The lowest BCUT2D eigenvalue weighted by Crippen LogP contribution is -2.05. The second-order valence-electron chi connectivity index (χ2n) is 5.23. The predicted octanol–water partition coefficient (Wildman–Crippen LogP) is 4.77. The summed E-state index contributed by atoms with van der Waals surface area (Å²) in [6.07, 6.45) is 0. The average Bonchev–Trinajstić information content (AvgIpc) is 2.80. The van der Waals surface area contributed by atoms with Gasteiger partial charge in [0.15, 0.2) is 0 Å². The van der Waals surface area contributed by atoms with Crippen molar-refractivity contribution >= 4 is 32.7 Å². The number of nitrogens with two attached hydrogens (primary N) is 1. The molecule has 2 aromatic carbocycles. The minimum atomic E-state index is -0.420. The highest BCUT2D eigenvalue weighted by Gasteiger charge is 2.18. The zero-order valence-electron chi connectivity index (χ0n) is 11.8. The van der Waals surface area contributed by atoms with Gasteiger partial charge in [0.2, 0.25) is 0 Å². The number of nitrogen functional groups attached to an aromatic ring is 1. The molecule has 0 amide bonds. The van der Waals surface area contributed by atoms with Gasteiger partial charge in [0.25, 0.3) is 0 Å². The van der Waals surface area contributed by atoms with Gasteiger partial charge in [0.1, 0.15) is 11.6 Å². The number of fused-ring (bicyclic) bond motifs is 1. The van der Waals surface area contributed by atoms with Crippen LogP contribution in [0, 0.1) is 5.82 Å². The lowest BCUT2D eigenvalue weighted by molar-refractivity contribution is 0.620. The van der Waals surface area contributed by atoms with Gasteiger partial charge in [-0.15, -0.1) is 0 Å². The standard InChI is InChI=1S/C16H15BrFN3/c1-9(2)21-14-7-6-10(17)8-13(14)20-16(21)11-4-3-5-12(18)15(11)19/h3-9H,19H2,1-2H3. The lowest BCUT2D eigenvalue weighted by Gasteiger charge is -2.14. The smallest absolute Gasteiger partial charge is 0.146 e. The third-order valence-electron chi connectivity index (χ3n) is 3.46. The van der Waals surface area contributed by atoms with E-state index in [-0.39, 0.29) is 11.7 Å². The zero-order chi connectivity index (χ0) is 15.1. The Morgan fingerprint density at radius 1 is 1.24 bits per heavy atom. The van der Waals surface area contributed by atoms with Crippen molar-refractivity contribution in [2.24, 2.45) is 0 Å². The van der Waals surface area contributed by atoms with E-state index in [1.165, 1.54) is 6.07 Å². The van der Waals surface area contributed by atoms with Crippen LogP contribution in [0.15, 0.2) is 40.9 Å². The maximum atomic E-state index is 13.7. The Balaban J connectivity index is 2.36. The third kappa shape index (κ3) is 2.31. The molecule has 0 spiro atoms. The molecule has 5 heteroatoms. The monoisotopic (exact) mass is 347 g/mol. The molecule has 0 radical (unpaired) electrons. The fraction of sp³-hybridized carbons (Fsp3) is 0.188. The molecule has 3 rings (SSSR count). The van der Waals surface area contributed by atoms with Gasteiger partial charge in [-0.3, -0.25) is 0 Å².